The number of aromatic nitrogens is 2. The van der Waals surface area contributed by atoms with E-state index in [9.17, 15) is 9.90 Å². The first-order chi connectivity index (χ1) is 9.99. The minimum absolute atomic E-state index is 0.178. The highest BCUT2D eigenvalue weighted by atomic mass is 16.4. The fourth-order valence-corrected chi connectivity index (χ4v) is 3.23. The molecule has 1 unspecified atom stereocenters. The zero-order chi connectivity index (χ0) is 15.0. The Hall–Kier alpha value is -2.14. The molecule has 2 heterocycles. The van der Waals surface area contributed by atoms with Crippen LogP contribution in [0.4, 0.5) is 0 Å². The Morgan fingerprint density at radius 3 is 2.76 bits per heavy atom. The molecule has 1 aliphatic heterocycles. The van der Waals surface area contributed by atoms with E-state index in [-0.39, 0.29) is 5.41 Å². The first kappa shape index (κ1) is 13.8. The summed E-state index contributed by atoms with van der Waals surface area (Å²) in [6, 6.07) is 9.53. The van der Waals surface area contributed by atoms with Gasteiger partial charge in [0.05, 0.1) is 11.9 Å². The van der Waals surface area contributed by atoms with Crippen LogP contribution >= 0.6 is 0 Å². The fraction of sp³-hybridized carbons (Fsp3) is 0.375. The van der Waals surface area contributed by atoms with Crippen molar-refractivity contribution < 1.29 is 9.90 Å². The average Bonchev–Trinajstić information content (AvgIpc) is 2.86. The van der Waals surface area contributed by atoms with Crippen LogP contribution in [0.15, 0.2) is 36.5 Å². The van der Waals surface area contributed by atoms with Crippen LogP contribution in [0.5, 0.6) is 0 Å². The van der Waals surface area contributed by atoms with Crippen molar-refractivity contribution >= 4 is 5.97 Å². The second-order valence-electron chi connectivity index (χ2n) is 6.27. The van der Waals surface area contributed by atoms with Gasteiger partial charge >= 0.3 is 5.97 Å². The van der Waals surface area contributed by atoms with Crippen molar-refractivity contribution in [3.8, 4) is 11.3 Å². The third-order valence-electron chi connectivity index (χ3n) is 4.10. The minimum Gasteiger partial charge on any atom is -0.480 e. The molecule has 2 N–H and O–H groups in total. The number of nitrogens with one attached hydrogen (secondary N) is 1. The Bertz CT molecular complexity index is 649. The lowest BCUT2D eigenvalue weighted by Crippen LogP contribution is -2.64. The zero-order valence-corrected chi connectivity index (χ0v) is 12.2. The zero-order valence-electron chi connectivity index (χ0n) is 12.2. The van der Waals surface area contributed by atoms with E-state index in [0.717, 1.165) is 23.4 Å². The number of nitrogens with zero attached hydrogens (tertiary/aromatic N) is 2. The second kappa shape index (κ2) is 5.00. The molecule has 1 fully saturated rings. The molecule has 1 atom stereocenters. The van der Waals surface area contributed by atoms with E-state index in [0.29, 0.717) is 6.54 Å². The van der Waals surface area contributed by atoms with Gasteiger partial charge in [0.2, 0.25) is 0 Å². The highest BCUT2D eigenvalue weighted by molar-refractivity contribution is 5.76. The number of aromatic amines is 1. The molecule has 110 valence electrons. The maximum atomic E-state index is 11.4. The molecular formula is C16H19N3O2. The van der Waals surface area contributed by atoms with E-state index in [2.05, 4.69) is 10.2 Å². The summed E-state index contributed by atoms with van der Waals surface area (Å²) in [4.78, 5) is 13.4. The summed E-state index contributed by atoms with van der Waals surface area (Å²) >= 11 is 0. The molecule has 5 heteroatoms. The molecule has 2 aromatic rings. The molecule has 0 radical (unpaired) electrons. The number of rotatable bonds is 4. The Labute approximate surface area is 123 Å². The van der Waals surface area contributed by atoms with Crippen molar-refractivity contribution in [1.29, 1.82) is 0 Å². The third kappa shape index (κ3) is 2.45. The van der Waals surface area contributed by atoms with Gasteiger partial charge in [-0.2, -0.15) is 5.10 Å². The number of carbonyl (C=O) groups is 1. The van der Waals surface area contributed by atoms with Gasteiger partial charge in [-0.25, -0.2) is 0 Å². The number of aliphatic carboxylic acids is 1. The quantitative estimate of drug-likeness (QED) is 0.905. The first-order valence-electron chi connectivity index (χ1n) is 7.03. The molecule has 0 aliphatic carbocycles. The molecule has 3 rings (SSSR count). The number of hydrogen-bond donors (Lipinski definition) is 2. The fourth-order valence-electron chi connectivity index (χ4n) is 3.23. The molecular weight excluding hydrogens is 266 g/mol. The van der Waals surface area contributed by atoms with Gasteiger partial charge < -0.3 is 5.11 Å². The molecule has 0 spiro atoms. The van der Waals surface area contributed by atoms with Gasteiger partial charge in [-0.15, -0.1) is 0 Å². The number of carboxylic acids is 1. The van der Waals surface area contributed by atoms with E-state index < -0.39 is 12.0 Å². The molecule has 0 amide bonds. The molecule has 0 bridgehead atoms. The number of benzene rings is 1. The van der Waals surface area contributed by atoms with Crippen LogP contribution in [0, 0.1) is 5.41 Å². The Balaban J connectivity index is 1.82. The number of carboxylic acid groups (broad SMARTS) is 1. The van der Waals surface area contributed by atoms with Crippen molar-refractivity contribution in [3.63, 3.8) is 0 Å². The van der Waals surface area contributed by atoms with Crippen molar-refractivity contribution in [1.82, 2.24) is 15.1 Å². The maximum absolute atomic E-state index is 11.4. The lowest BCUT2D eigenvalue weighted by molar-refractivity contribution is -0.162. The van der Waals surface area contributed by atoms with Crippen LogP contribution < -0.4 is 0 Å². The normalized spacial score (nSPS) is 21.0. The molecule has 1 aromatic carbocycles. The van der Waals surface area contributed by atoms with Crippen LogP contribution in [0.3, 0.4) is 0 Å². The van der Waals surface area contributed by atoms with Crippen LogP contribution in [0.25, 0.3) is 11.3 Å². The first-order valence-corrected chi connectivity index (χ1v) is 7.03. The van der Waals surface area contributed by atoms with E-state index in [1.165, 1.54) is 0 Å². The van der Waals surface area contributed by atoms with Crippen molar-refractivity contribution in [2.75, 3.05) is 6.54 Å². The molecule has 1 saturated heterocycles. The van der Waals surface area contributed by atoms with E-state index in [4.69, 9.17) is 0 Å². The lowest BCUT2D eigenvalue weighted by atomic mass is 9.74. The predicted octanol–water partition coefficient (Wildman–Crippen LogP) is 2.37. The van der Waals surface area contributed by atoms with Crippen molar-refractivity contribution in [2.24, 2.45) is 5.41 Å². The van der Waals surface area contributed by atoms with Gasteiger partial charge in [-0.05, 0) is 5.56 Å². The maximum Gasteiger partial charge on any atom is 0.321 e. The van der Waals surface area contributed by atoms with Gasteiger partial charge in [-0.3, -0.25) is 14.8 Å². The topological polar surface area (TPSA) is 69.2 Å². The number of likely N-dealkylation sites (tertiary alicyclic amines) is 1. The molecule has 5 nitrogen and oxygen atoms in total. The van der Waals surface area contributed by atoms with Gasteiger partial charge in [0, 0.05) is 24.1 Å². The minimum atomic E-state index is -0.754. The smallest absolute Gasteiger partial charge is 0.321 e. The third-order valence-corrected chi connectivity index (χ3v) is 4.10. The summed E-state index contributed by atoms with van der Waals surface area (Å²) in [6.07, 6.45) is 1.78. The lowest BCUT2D eigenvalue weighted by Gasteiger charge is -2.51. The predicted molar refractivity (Wildman–Crippen MR) is 79.6 cm³/mol. The SMILES string of the molecule is CC1(C)CN(Cc2cn[nH]c2-c2ccccc2)C1C(=O)O. The number of H-pyrrole nitrogens is 1. The highest BCUT2D eigenvalue weighted by Gasteiger charge is 2.50. The summed E-state index contributed by atoms with van der Waals surface area (Å²) in [6.45, 7) is 5.37. The number of hydrogen-bond acceptors (Lipinski definition) is 3. The Morgan fingerprint density at radius 2 is 2.14 bits per heavy atom. The van der Waals surface area contributed by atoms with Gasteiger partial charge in [0.15, 0.2) is 0 Å². The largest absolute Gasteiger partial charge is 0.480 e. The molecule has 0 saturated carbocycles. The van der Waals surface area contributed by atoms with E-state index in [1.54, 1.807) is 6.20 Å². The standard InChI is InChI=1S/C16H19N3O2/c1-16(2)10-19(14(16)15(20)21)9-12-8-17-18-13(12)11-6-4-3-5-7-11/h3-8,14H,9-10H2,1-2H3,(H,17,18)(H,20,21). The summed E-state index contributed by atoms with van der Waals surface area (Å²) in [5.74, 6) is -0.754. The van der Waals surface area contributed by atoms with Crippen LogP contribution in [-0.4, -0.2) is 38.8 Å². The second-order valence-corrected chi connectivity index (χ2v) is 6.27. The van der Waals surface area contributed by atoms with Crippen molar-refractivity contribution in [2.45, 2.75) is 26.4 Å². The average molecular weight is 285 g/mol. The van der Waals surface area contributed by atoms with Crippen LogP contribution in [0.1, 0.15) is 19.4 Å². The van der Waals surface area contributed by atoms with Crippen LogP contribution in [0.2, 0.25) is 0 Å². The van der Waals surface area contributed by atoms with Gasteiger partial charge in [-0.1, -0.05) is 44.2 Å². The van der Waals surface area contributed by atoms with Gasteiger partial charge in [0.1, 0.15) is 6.04 Å². The molecule has 1 aliphatic rings. The Morgan fingerprint density at radius 1 is 1.43 bits per heavy atom. The van der Waals surface area contributed by atoms with Gasteiger partial charge in [0.25, 0.3) is 0 Å². The molecule has 1 aromatic heterocycles. The van der Waals surface area contributed by atoms with Crippen LogP contribution in [-0.2, 0) is 11.3 Å². The van der Waals surface area contributed by atoms with Crippen molar-refractivity contribution in [3.05, 3.63) is 42.1 Å². The van der Waals surface area contributed by atoms with E-state index >= 15 is 0 Å². The summed E-state index contributed by atoms with van der Waals surface area (Å²) in [5, 5.41) is 16.5. The Kier molecular flexibility index (Phi) is 3.29. The van der Waals surface area contributed by atoms with E-state index in [1.807, 2.05) is 49.1 Å². The monoisotopic (exact) mass is 285 g/mol. The highest BCUT2D eigenvalue weighted by Crippen LogP contribution is 2.38. The summed E-state index contributed by atoms with van der Waals surface area (Å²) in [5.41, 5.74) is 2.88. The summed E-state index contributed by atoms with van der Waals surface area (Å²) < 4.78 is 0. The molecule has 21 heavy (non-hydrogen) atoms. The summed E-state index contributed by atoms with van der Waals surface area (Å²) in [7, 11) is 0.